The second-order valence-electron chi connectivity index (χ2n) is 2.69. The minimum absolute atomic E-state index is 0.0562. The highest BCUT2D eigenvalue weighted by Crippen LogP contribution is 2.12. The quantitative estimate of drug-likeness (QED) is 0.570. The third kappa shape index (κ3) is 2.63. The summed E-state index contributed by atoms with van der Waals surface area (Å²) in [4.78, 5) is 10.3. The molecule has 0 atom stereocenters. The van der Waals surface area contributed by atoms with E-state index in [1.165, 1.54) is 0 Å². The lowest BCUT2D eigenvalue weighted by molar-refractivity contribution is -0.0710. The average Bonchev–Trinajstić information content (AvgIpc) is 2.19. The maximum absolute atomic E-state index is 10.3. The number of carboxylic acid groups (broad SMARTS) is 1. The van der Waals surface area contributed by atoms with Crippen molar-refractivity contribution in [3.63, 3.8) is 0 Å². The zero-order chi connectivity index (χ0) is 10.6. The lowest BCUT2D eigenvalue weighted by Crippen LogP contribution is -2.24. The summed E-state index contributed by atoms with van der Waals surface area (Å²) >= 11 is 0. The van der Waals surface area contributed by atoms with E-state index in [1.807, 2.05) is 0 Å². The molecule has 0 bridgehead atoms. The molecule has 1 rings (SSSR count). The number of hydrogen-bond acceptors (Lipinski definition) is 3. The molecule has 0 aliphatic heterocycles. The maximum atomic E-state index is 10.3. The second-order valence-corrected chi connectivity index (χ2v) is 2.69. The molecule has 5 heteroatoms. The molecule has 14 heavy (non-hydrogen) atoms. The number of rotatable bonds is 3. The summed E-state index contributed by atoms with van der Waals surface area (Å²) in [7, 11) is 1.55. The predicted octanol–water partition coefficient (Wildman–Crippen LogP) is 1.56. The zero-order valence-corrected chi connectivity index (χ0v) is 7.67. The first-order valence-electron chi connectivity index (χ1n) is 3.95. The van der Waals surface area contributed by atoms with Gasteiger partial charge in [0.15, 0.2) is 0 Å². The van der Waals surface area contributed by atoms with Crippen LogP contribution in [0.1, 0.15) is 5.56 Å². The molecule has 0 saturated carbocycles. The van der Waals surface area contributed by atoms with Crippen LogP contribution in [-0.4, -0.2) is 28.6 Å². The van der Waals surface area contributed by atoms with Gasteiger partial charge < -0.3 is 9.84 Å². The summed E-state index contributed by atoms with van der Waals surface area (Å²) in [6.07, 6.45) is -1.37. The normalized spacial score (nSPS) is 9.57. The van der Waals surface area contributed by atoms with Gasteiger partial charge in [-0.05, 0) is 17.7 Å². The number of nitrogens with zero attached hydrogens (tertiary/aromatic N) is 1. The molecule has 76 valence electrons. The Morgan fingerprint density at radius 3 is 2.43 bits per heavy atom. The first-order valence-corrected chi connectivity index (χ1v) is 3.95. The van der Waals surface area contributed by atoms with Gasteiger partial charge in [0.2, 0.25) is 0 Å². The van der Waals surface area contributed by atoms with Crippen molar-refractivity contribution in [2.75, 3.05) is 7.11 Å². The minimum atomic E-state index is -1.37. The SMILES string of the molecule is COc1ccc(CN(O)C(=O)O)cc1. The Hall–Kier alpha value is -1.75. The predicted molar refractivity (Wildman–Crippen MR) is 48.3 cm³/mol. The molecule has 0 radical (unpaired) electrons. The smallest absolute Gasteiger partial charge is 0.431 e. The Balaban J connectivity index is 2.64. The van der Waals surface area contributed by atoms with Crippen molar-refractivity contribution in [1.29, 1.82) is 0 Å². The van der Waals surface area contributed by atoms with Crippen LogP contribution >= 0.6 is 0 Å². The van der Waals surface area contributed by atoms with Crippen molar-refractivity contribution in [3.05, 3.63) is 29.8 Å². The molecule has 0 spiro atoms. The highest BCUT2D eigenvalue weighted by atomic mass is 16.6. The van der Waals surface area contributed by atoms with Crippen LogP contribution in [0.5, 0.6) is 5.75 Å². The number of ether oxygens (including phenoxy) is 1. The summed E-state index contributed by atoms with van der Waals surface area (Å²) in [5.41, 5.74) is 0.690. The van der Waals surface area contributed by atoms with E-state index in [0.717, 1.165) is 0 Å². The first-order chi connectivity index (χ1) is 6.63. The standard InChI is InChI=1S/C9H11NO4/c1-14-8-4-2-7(3-5-8)6-10(13)9(11)12/h2-5,13H,6H2,1H3,(H,11,12). The van der Waals surface area contributed by atoms with E-state index in [9.17, 15) is 4.79 Å². The van der Waals surface area contributed by atoms with Crippen LogP contribution in [0.4, 0.5) is 4.79 Å². The summed E-state index contributed by atoms with van der Waals surface area (Å²) in [5, 5.41) is 17.5. The van der Waals surface area contributed by atoms with Gasteiger partial charge in [0.05, 0.1) is 13.7 Å². The summed E-state index contributed by atoms with van der Waals surface area (Å²) in [6.45, 7) is -0.0562. The molecule has 0 heterocycles. The van der Waals surface area contributed by atoms with Crippen LogP contribution in [0.3, 0.4) is 0 Å². The van der Waals surface area contributed by atoms with Crippen LogP contribution in [0.25, 0.3) is 0 Å². The third-order valence-corrected chi connectivity index (χ3v) is 1.71. The summed E-state index contributed by atoms with van der Waals surface area (Å²) in [6, 6.07) is 6.77. The maximum Gasteiger partial charge on any atom is 0.431 e. The molecule has 0 aliphatic rings. The van der Waals surface area contributed by atoms with Crippen molar-refractivity contribution < 1.29 is 19.8 Å². The Labute approximate surface area is 81.1 Å². The lowest BCUT2D eigenvalue weighted by atomic mass is 10.2. The lowest BCUT2D eigenvalue weighted by Gasteiger charge is -2.10. The van der Waals surface area contributed by atoms with E-state index < -0.39 is 6.09 Å². The van der Waals surface area contributed by atoms with Gasteiger partial charge in [-0.15, -0.1) is 0 Å². The van der Waals surface area contributed by atoms with E-state index in [2.05, 4.69) is 0 Å². The average molecular weight is 197 g/mol. The fraction of sp³-hybridized carbons (Fsp3) is 0.222. The first kappa shape index (κ1) is 10.3. The largest absolute Gasteiger partial charge is 0.497 e. The molecule has 0 aliphatic carbocycles. The number of hydroxylamine groups is 2. The van der Waals surface area contributed by atoms with Crippen molar-refractivity contribution in [3.8, 4) is 5.75 Å². The molecule has 0 fully saturated rings. The molecule has 5 nitrogen and oxygen atoms in total. The molecular weight excluding hydrogens is 186 g/mol. The second kappa shape index (κ2) is 4.48. The number of benzene rings is 1. The number of hydrogen-bond donors (Lipinski definition) is 2. The molecule has 1 aromatic rings. The van der Waals surface area contributed by atoms with E-state index in [0.29, 0.717) is 11.3 Å². The van der Waals surface area contributed by atoms with Crippen LogP contribution < -0.4 is 4.74 Å². The highest BCUT2D eigenvalue weighted by molar-refractivity contribution is 5.63. The Morgan fingerprint density at radius 1 is 1.43 bits per heavy atom. The molecule has 1 amide bonds. The number of methoxy groups -OCH3 is 1. The van der Waals surface area contributed by atoms with E-state index in [1.54, 1.807) is 31.4 Å². The van der Waals surface area contributed by atoms with Gasteiger partial charge in [0.25, 0.3) is 0 Å². The van der Waals surface area contributed by atoms with Gasteiger partial charge in [-0.2, -0.15) is 5.06 Å². The van der Waals surface area contributed by atoms with Crippen LogP contribution in [0.2, 0.25) is 0 Å². The van der Waals surface area contributed by atoms with Crippen LogP contribution in [0, 0.1) is 0 Å². The van der Waals surface area contributed by atoms with E-state index >= 15 is 0 Å². The topological polar surface area (TPSA) is 70.0 Å². The molecule has 0 saturated heterocycles. The fourth-order valence-corrected chi connectivity index (χ4v) is 0.972. The van der Waals surface area contributed by atoms with E-state index in [-0.39, 0.29) is 11.6 Å². The summed E-state index contributed by atoms with van der Waals surface area (Å²) < 4.78 is 4.93. The van der Waals surface area contributed by atoms with Gasteiger partial charge in [0.1, 0.15) is 5.75 Å². The van der Waals surface area contributed by atoms with Gasteiger partial charge in [-0.1, -0.05) is 12.1 Å². The van der Waals surface area contributed by atoms with Crippen molar-refractivity contribution in [1.82, 2.24) is 5.06 Å². The Morgan fingerprint density at radius 2 is 2.00 bits per heavy atom. The highest BCUT2D eigenvalue weighted by Gasteiger charge is 2.07. The molecule has 0 unspecified atom stereocenters. The molecule has 2 N–H and O–H groups in total. The zero-order valence-electron chi connectivity index (χ0n) is 7.67. The van der Waals surface area contributed by atoms with Crippen molar-refractivity contribution in [2.45, 2.75) is 6.54 Å². The Bertz CT molecular complexity index is 309. The van der Waals surface area contributed by atoms with Crippen LogP contribution in [-0.2, 0) is 6.54 Å². The van der Waals surface area contributed by atoms with Gasteiger partial charge in [-0.3, -0.25) is 5.21 Å². The van der Waals surface area contributed by atoms with Gasteiger partial charge >= 0.3 is 6.09 Å². The molecular formula is C9H11NO4. The third-order valence-electron chi connectivity index (χ3n) is 1.71. The van der Waals surface area contributed by atoms with Crippen molar-refractivity contribution in [2.24, 2.45) is 0 Å². The monoisotopic (exact) mass is 197 g/mol. The summed E-state index contributed by atoms with van der Waals surface area (Å²) in [5.74, 6) is 0.688. The fourth-order valence-electron chi connectivity index (χ4n) is 0.972. The molecule has 0 aromatic heterocycles. The molecule has 1 aromatic carbocycles. The minimum Gasteiger partial charge on any atom is -0.497 e. The van der Waals surface area contributed by atoms with Crippen LogP contribution in [0.15, 0.2) is 24.3 Å². The van der Waals surface area contributed by atoms with Crippen molar-refractivity contribution >= 4 is 6.09 Å². The van der Waals surface area contributed by atoms with Gasteiger partial charge in [0, 0.05) is 0 Å². The van der Waals surface area contributed by atoms with E-state index in [4.69, 9.17) is 15.1 Å². The number of carbonyl (C=O) groups is 1. The Kier molecular flexibility index (Phi) is 3.30. The van der Waals surface area contributed by atoms with Gasteiger partial charge in [-0.25, -0.2) is 4.79 Å². The number of amides is 1.